The summed E-state index contributed by atoms with van der Waals surface area (Å²) in [5.74, 6) is -0.0807. The lowest BCUT2D eigenvalue weighted by atomic mass is 10.0. The zero-order valence-electron chi connectivity index (χ0n) is 34.0. The van der Waals surface area contributed by atoms with Gasteiger partial charge in [0.2, 0.25) is 5.91 Å². The van der Waals surface area contributed by atoms with Gasteiger partial charge in [0.1, 0.15) is 0 Å². The van der Waals surface area contributed by atoms with Crippen molar-refractivity contribution in [2.45, 2.75) is 206 Å². The fraction of sp³-hybridized carbons (Fsp3) is 0.688. The van der Waals surface area contributed by atoms with E-state index in [1.54, 1.807) is 6.08 Å². The summed E-state index contributed by atoms with van der Waals surface area (Å²) in [5.41, 5.74) is 0. The first-order valence-electron chi connectivity index (χ1n) is 21.8. The molecule has 0 aromatic carbocycles. The number of hydrogen-bond acceptors (Lipinski definition) is 3. The van der Waals surface area contributed by atoms with E-state index in [9.17, 15) is 15.0 Å². The normalized spacial score (nSPS) is 13.8. The summed E-state index contributed by atoms with van der Waals surface area (Å²) in [6.45, 7) is 4.12. The van der Waals surface area contributed by atoms with Gasteiger partial charge in [0.15, 0.2) is 0 Å². The number of carbonyl (C=O) groups is 1. The summed E-state index contributed by atoms with van der Waals surface area (Å²) in [7, 11) is 0. The third kappa shape index (κ3) is 38.8. The monoisotopic (exact) mass is 722 g/mol. The van der Waals surface area contributed by atoms with Gasteiger partial charge in [0.05, 0.1) is 18.8 Å². The summed E-state index contributed by atoms with van der Waals surface area (Å²) in [6.07, 6.45) is 62.8. The molecule has 0 aromatic rings. The highest BCUT2D eigenvalue weighted by atomic mass is 16.3. The molecule has 1 amide bonds. The van der Waals surface area contributed by atoms with Crippen LogP contribution < -0.4 is 5.32 Å². The molecule has 0 aromatic heterocycles. The lowest BCUT2D eigenvalue weighted by Crippen LogP contribution is -2.45. The van der Waals surface area contributed by atoms with E-state index < -0.39 is 12.1 Å². The van der Waals surface area contributed by atoms with Crippen LogP contribution in [0.4, 0.5) is 0 Å². The molecule has 4 nitrogen and oxygen atoms in total. The quantitative estimate of drug-likeness (QED) is 0.0439. The predicted molar refractivity (Wildman–Crippen MR) is 230 cm³/mol. The molecule has 2 unspecified atom stereocenters. The Balaban J connectivity index is 3.52. The first-order valence-corrected chi connectivity index (χ1v) is 21.8. The molecule has 0 fully saturated rings. The Labute approximate surface area is 322 Å². The van der Waals surface area contributed by atoms with Crippen molar-refractivity contribution in [3.8, 4) is 0 Å². The number of aliphatic hydroxyl groups is 2. The zero-order chi connectivity index (χ0) is 37.8. The van der Waals surface area contributed by atoms with E-state index in [1.165, 1.54) is 109 Å². The second-order valence-electron chi connectivity index (χ2n) is 14.4. The van der Waals surface area contributed by atoms with E-state index in [0.717, 1.165) is 64.2 Å². The summed E-state index contributed by atoms with van der Waals surface area (Å²) in [6, 6.07) is -0.640. The largest absolute Gasteiger partial charge is 0.394 e. The minimum absolute atomic E-state index is 0.0807. The van der Waals surface area contributed by atoms with Gasteiger partial charge in [-0.3, -0.25) is 4.79 Å². The SMILES string of the molecule is CC/C=C\C/C=C\C/C=C\C/C=C\C/C=C\CCCCCCCCCCCCCCCCCC(=O)NC(CO)C(O)/C=C/CC/C=C/CCCCC. The Morgan fingerprint density at radius 3 is 1.35 bits per heavy atom. The lowest BCUT2D eigenvalue weighted by molar-refractivity contribution is -0.123. The third-order valence-electron chi connectivity index (χ3n) is 9.36. The van der Waals surface area contributed by atoms with Crippen molar-refractivity contribution < 1.29 is 15.0 Å². The van der Waals surface area contributed by atoms with E-state index in [4.69, 9.17) is 0 Å². The fourth-order valence-electron chi connectivity index (χ4n) is 6.04. The van der Waals surface area contributed by atoms with Gasteiger partial charge in [-0.15, -0.1) is 0 Å². The highest BCUT2D eigenvalue weighted by Gasteiger charge is 2.17. The Bertz CT molecular complexity index is 957. The number of hydrogen-bond donors (Lipinski definition) is 3. The molecule has 0 radical (unpaired) electrons. The first-order chi connectivity index (χ1) is 25.7. The third-order valence-corrected chi connectivity index (χ3v) is 9.36. The molecule has 0 heterocycles. The Kier molecular flexibility index (Phi) is 41.0. The van der Waals surface area contributed by atoms with Crippen molar-refractivity contribution in [2.24, 2.45) is 0 Å². The maximum atomic E-state index is 12.3. The Morgan fingerprint density at radius 1 is 0.481 bits per heavy atom. The van der Waals surface area contributed by atoms with Crippen LogP contribution in [-0.4, -0.2) is 34.9 Å². The summed E-state index contributed by atoms with van der Waals surface area (Å²) in [4.78, 5) is 12.3. The number of carbonyl (C=O) groups excluding carboxylic acids is 1. The zero-order valence-corrected chi connectivity index (χ0v) is 34.0. The Morgan fingerprint density at radius 2 is 0.865 bits per heavy atom. The van der Waals surface area contributed by atoms with Crippen molar-refractivity contribution in [1.82, 2.24) is 5.32 Å². The van der Waals surface area contributed by atoms with Gasteiger partial charge in [-0.1, -0.05) is 195 Å². The van der Waals surface area contributed by atoms with E-state index >= 15 is 0 Å². The molecule has 3 N–H and O–H groups in total. The molecule has 0 aliphatic heterocycles. The maximum Gasteiger partial charge on any atom is 0.220 e. The number of nitrogens with one attached hydrogen (secondary N) is 1. The average molecular weight is 722 g/mol. The summed E-state index contributed by atoms with van der Waals surface area (Å²) < 4.78 is 0. The van der Waals surface area contributed by atoms with Gasteiger partial charge in [0.25, 0.3) is 0 Å². The number of amides is 1. The van der Waals surface area contributed by atoms with Crippen LogP contribution in [0, 0.1) is 0 Å². The van der Waals surface area contributed by atoms with Crippen LogP contribution in [0.15, 0.2) is 85.1 Å². The molecule has 0 bridgehead atoms. The van der Waals surface area contributed by atoms with Crippen LogP contribution in [0.2, 0.25) is 0 Å². The van der Waals surface area contributed by atoms with Gasteiger partial charge < -0.3 is 15.5 Å². The van der Waals surface area contributed by atoms with Crippen molar-refractivity contribution in [1.29, 1.82) is 0 Å². The number of unbranched alkanes of at least 4 members (excludes halogenated alkanes) is 19. The van der Waals surface area contributed by atoms with Crippen molar-refractivity contribution >= 4 is 5.91 Å². The summed E-state index contributed by atoms with van der Waals surface area (Å²) >= 11 is 0. The van der Waals surface area contributed by atoms with Crippen molar-refractivity contribution in [3.63, 3.8) is 0 Å². The highest BCUT2D eigenvalue weighted by molar-refractivity contribution is 5.76. The highest BCUT2D eigenvalue weighted by Crippen LogP contribution is 2.14. The molecular weight excluding hydrogens is 639 g/mol. The standard InChI is InChI=1S/C48H83NO3/c1-3-5-7-9-11-13-14-15-16-17-18-19-20-21-22-23-24-25-26-27-28-29-30-31-32-33-34-36-38-40-42-44-48(52)49-46(45-50)47(51)43-41-39-37-35-12-10-8-6-4-2/h5,7,11-13,15-16,18-19,21-22,35,41,43,46-47,50-51H,3-4,6,8-10,14,17,20,23-34,36-40,42,44-45H2,1-2H3,(H,49,52)/b7-5-,13-11-,16-15-,19-18-,22-21-,35-12+,43-41+. The van der Waals surface area contributed by atoms with Crippen LogP contribution in [0.1, 0.15) is 194 Å². The van der Waals surface area contributed by atoms with Gasteiger partial charge >= 0.3 is 0 Å². The van der Waals surface area contributed by atoms with Crippen LogP contribution in [-0.2, 0) is 4.79 Å². The number of rotatable bonds is 38. The minimum Gasteiger partial charge on any atom is -0.394 e. The molecule has 4 heteroatoms. The van der Waals surface area contributed by atoms with Crippen LogP contribution in [0.3, 0.4) is 0 Å². The second-order valence-corrected chi connectivity index (χ2v) is 14.4. The summed E-state index contributed by atoms with van der Waals surface area (Å²) in [5, 5.41) is 22.8. The van der Waals surface area contributed by atoms with Gasteiger partial charge in [-0.25, -0.2) is 0 Å². The molecule has 0 rings (SSSR count). The molecule has 2 atom stereocenters. The smallest absolute Gasteiger partial charge is 0.220 e. The molecule has 0 aliphatic rings. The first kappa shape index (κ1) is 49.6. The van der Waals surface area contributed by atoms with Crippen LogP contribution >= 0.6 is 0 Å². The molecule has 52 heavy (non-hydrogen) atoms. The van der Waals surface area contributed by atoms with Gasteiger partial charge in [0, 0.05) is 6.42 Å². The molecular formula is C48H83NO3. The predicted octanol–water partition coefficient (Wildman–Crippen LogP) is 13.7. The average Bonchev–Trinajstić information content (AvgIpc) is 3.15. The van der Waals surface area contributed by atoms with E-state index in [-0.39, 0.29) is 12.5 Å². The molecule has 298 valence electrons. The molecule has 0 aliphatic carbocycles. The topological polar surface area (TPSA) is 69.6 Å². The van der Waals surface area contributed by atoms with E-state index in [2.05, 4.69) is 92.1 Å². The minimum atomic E-state index is -0.862. The second kappa shape index (κ2) is 43.0. The molecule has 0 saturated carbocycles. The fourth-order valence-corrected chi connectivity index (χ4v) is 6.04. The van der Waals surface area contributed by atoms with Crippen LogP contribution in [0.5, 0.6) is 0 Å². The van der Waals surface area contributed by atoms with Crippen LogP contribution in [0.25, 0.3) is 0 Å². The van der Waals surface area contributed by atoms with Crippen molar-refractivity contribution in [2.75, 3.05) is 6.61 Å². The number of aliphatic hydroxyl groups excluding tert-OH is 2. The Hall–Kier alpha value is -2.43. The van der Waals surface area contributed by atoms with Crippen molar-refractivity contribution in [3.05, 3.63) is 85.1 Å². The van der Waals surface area contributed by atoms with E-state index in [0.29, 0.717) is 6.42 Å². The maximum absolute atomic E-state index is 12.3. The molecule has 0 saturated heterocycles. The van der Waals surface area contributed by atoms with E-state index in [1.807, 2.05) is 6.08 Å². The van der Waals surface area contributed by atoms with Gasteiger partial charge in [-0.05, 0) is 77.0 Å². The molecule has 0 spiro atoms. The number of allylic oxidation sites excluding steroid dienone is 13. The lowest BCUT2D eigenvalue weighted by Gasteiger charge is -2.19. The van der Waals surface area contributed by atoms with Gasteiger partial charge in [-0.2, -0.15) is 0 Å².